The summed E-state index contributed by atoms with van der Waals surface area (Å²) in [4.78, 5) is 11.9. The van der Waals surface area contributed by atoms with E-state index in [0.29, 0.717) is 22.9 Å². The average molecular weight is 514 g/mol. The number of nitrogens with zero attached hydrogens (tertiary/aromatic N) is 1. The lowest BCUT2D eigenvalue weighted by molar-refractivity contribution is 0.0960. The highest BCUT2D eigenvalue weighted by molar-refractivity contribution is 9.10. The summed E-state index contributed by atoms with van der Waals surface area (Å²) in [5.41, 5.74) is -0.494. The third-order valence-electron chi connectivity index (χ3n) is 5.31. The lowest BCUT2D eigenvalue weighted by Crippen LogP contribution is -2.33. The summed E-state index contributed by atoms with van der Waals surface area (Å²) in [6.45, 7) is 0. The zero-order valence-electron chi connectivity index (χ0n) is 15.9. The van der Waals surface area contributed by atoms with E-state index in [9.17, 15) is 28.7 Å². The van der Waals surface area contributed by atoms with Crippen LogP contribution >= 0.6 is 27.5 Å². The molecule has 1 amide bonds. The van der Waals surface area contributed by atoms with Gasteiger partial charge in [0.2, 0.25) is 0 Å². The standard InChI is InChI=1S/C20H18BrClN2O5S/c1-24-19(27)14-6-12(20(10-23)3-2-4-20)5-11(17(14)25)9-30(28,29)16-8-13(21)7-15(22)18(16)26/h5-8,25-26H,2-4,9H2,1H3,(H,24,27). The Hall–Kier alpha value is -2.28. The average Bonchev–Trinajstić information content (AvgIpc) is 2.65. The van der Waals surface area contributed by atoms with Crippen LogP contribution in [-0.2, 0) is 21.0 Å². The maximum atomic E-state index is 13.0. The quantitative estimate of drug-likeness (QED) is 0.558. The number of benzene rings is 2. The fraction of sp³-hybridized carbons (Fsp3) is 0.300. The zero-order chi connectivity index (χ0) is 22.3. The molecule has 30 heavy (non-hydrogen) atoms. The number of carbonyl (C=O) groups is 1. The molecule has 0 aliphatic heterocycles. The molecule has 3 rings (SSSR count). The molecule has 1 saturated carbocycles. The van der Waals surface area contributed by atoms with Crippen LogP contribution in [0.4, 0.5) is 0 Å². The van der Waals surface area contributed by atoms with Gasteiger partial charge in [0.15, 0.2) is 15.6 Å². The van der Waals surface area contributed by atoms with Crippen molar-refractivity contribution < 1.29 is 23.4 Å². The second-order valence-corrected chi connectivity index (χ2v) is 10.4. The predicted octanol–water partition coefficient (Wildman–Crippen LogP) is 3.79. The van der Waals surface area contributed by atoms with Crippen LogP contribution in [0.1, 0.15) is 40.7 Å². The summed E-state index contributed by atoms with van der Waals surface area (Å²) < 4.78 is 26.4. The molecular weight excluding hydrogens is 496 g/mol. The Bertz CT molecular complexity index is 1190. The monoisotopic (exact) mass is 512 g/mol. The first-order chi connectivity index (χ1) is 14.0. The van der Waals surface area contributed by atoms with Crippen molar-refractivity contribution in [2.24, 2.45) is 0 Å². The molecule has 0 heterocycles. The molecule has 158 valence electrons. The van der Waals surface area contributed by atoms with Crippen molar-refractivity contribution in [2.75, 3.05) is 7.05 Å². The highest BCUT2D eigenvalue weighted by Crippen LogP contribution is 2.45. The molecule has 0 radical (unpaired) electrons. The number of sulfone groups is 1. The Morgan fingerprint density at radius 2 is 1.93 bits per heavy atom. The van der Waals surface area contributed by atoms with Gasteiger partial charge in [-0.1, -0.05) is 27.5 Å². The van der Waals surface area contributed by atoms with E-state index in [4.69, 9.17) is 11.6 Å². The molecule has 7 nitrogen and oxygen atoms in total. The van der Waals surface area contributed by atoms with Gasteiger partial charge in [0.25, 0.3) is 5.91 Å². The van der Waals surface area contributed by atoms with Crippen molar-refractivity contribution in [2.45, 2.75) is 35.3 Å². The molecule has 0 aromatic heterocycles. The van der Waals surface area contributed by atoms with Crippen molar-refractivity contribution in [3.05, 3.63) is 50.5 Å². The third kappa shape index (κ3) is 3.87. The van der Waals surface area contributed by atoms with E-state index in [1.165, 1.54) is 31.3 Å². The Kier molecular flexibility index (Phi) is 6.05. The zero-order valence-corrected chi connectivity index (χ0v) is 19.0. The summed E-state index contributed by atoms with van der Waals surface area (Å²) in [6.07, 6.45) is 1.99. The van der Waals surface area contributed by atoms with Gasteiger partial charge in [0, 0.05) is 17.1 Å². The van der Waals surface area contributed by atoms with Crippen LogP contribution in [0.2, 0.25) is 5.02 Å². The van der Waals surface area contributed by atoms with Crippen molar-refractivity contribution in [3.63, 3.8) is 0 Å². The molecule has 3 N–H and O–H groups in total. The summed E-state index contributed by atoms with van der Waals surface area (Å²) >= 11 is 9.04. The van der Waals surface area contributed by atoms with Crippen LogP contribution in [0.25, 0.3) is 0 Å². The van der Waals surface area contributed by atoms with Gasteiger partial charge < -0.3 is 15.5 Å². The second-order valence-electron chi connectivity index (χ2n) is 7.15. The largest absolute Gasteiger partial charge is 0.507 e. The van der Waals surface area contributed by atoms with E-state index in [0.717, 1.165) is 6.42 Å². The van der Waals surface area contributed by atoms with Gasteiger partial charge in [-0.25, -0.2) is 8.42 Å². The van der Waals surface area contributed by atoms with E-state index in [1.54, 1.807) is 0 Å². The van der Waals surface area contributed by atoms with Crippen molar-refractivity contribution in [1.82, 2.24) is 5.32 Å². The Morgan fingerprint density at radius 3 is 2.47 bits per heavy atom. The number of phenolic OH excluding ortho intramolecular Hbond substituents is 2. The van der Waals surface area contributed by atoms with Gasteiger partial charge in [-0.2, -0.15) is 5.26 Å². The van der Waals surface area contributed by atoms with Gasteiger partial charge in [0.05, 0.1) is 27.8 Å². The van der Waals surface area contributed by atoms with E-state index in [2.05, 4.69) is 27.3 Å². The lowest BCUT2D eigenvalue weighted by atomic mass is 9.65. The molecule has 2 aromatic rings. The number of hydrogen-bond acceptors (Lipinski definition) is 6. The normalized spacial score (nSPS) is 15.1. The number of halogens is 2. The molecule has 2 aromatic carbocycles. The number of rotatable bonds is 5. The van der Waals surface area contributed by atoms with Crippen molar-refractivity contribution in [3.8, 4) is 17.6 Å². The minimum absolute atomic E-state index is 0.0388. The molecule has 10 heteroatoms. The van der Waals surface area contributed by atoms with E-state index < -0.39 is 43.3 Å². The third-order valence-corrected chi connectivity index (χ3v) is 7.73. The smallest absolute Gasteiger partial charge is 0.254 e. The fourth-order valence-electron chi connectivity index (χ4n) is 3.45. The minimum Gasteiger partial charge on any atom is -0.507 e. The predicted molar refractivity (Wildman–Crippen MR) is 114 cm³/mol. The summed E-state index contributed by atoms with van der Waals surface area (Å²) in [5.74, 6) is -2.39. The molecule has 0 bridgehead atoms. The molecule has 1 aliphatic rings. The maximum Gasteiger partial charge on any atom is 0.254 e. The number of amides is 1. The van der Waals surface area contributed by atoms with Crippen molar-refractivity contribution in [1.29, 1.82) is 5.26 Å². The van der Waals surface area contributed by atoms with Crippen LogP contribution in [0.15, 0.2) is 33.6 Å². The topological polar surface area (TPSA) is 127 Å². The maximum absolute atomic E-state index is 13.0. The van der Waals surface area contributed by atoms with E-state index >= 15 is 0 Å². The number of nitriles is 1. The Labute approximate surface area is 187 Å². The molecule has 0 atom stereocenters. The number of nitrogens with one attached hydrogen (secondary N) is 1. The first-order valence-corrected chi connectivity index (χ1v) is 11.8. The highest BCUT2D eigenvalue weighted by atomic mass is 79.9. The van der Waals surface area contributed by atoms with Gasteiger partial charge in [-0.15, -0.1) is 0 Å². The van der Waals surface area contributed by atoms with Gasteiger partial charge in [-0.3, -0.25) is 4.79 Å². The second kappa shape index (κ2) is 8.10. The number of phenols is 2. The van der Waals surface area contributed by atoms with Crippen LogP contribution in [0.3, 0.4) is 0 Å². The first-order valence-electron chi connectivity index (χ1n) is 8.95. The lowest BCUT2D eigenvalue weighted by Gasteiger charge is -2.36. The molecule has 1 aliphatic carbocycles. The van der Waals surface area contributed by atoms with Gasteiger partial charge >= 0.3 is 0 Å². The fourth-order valence-corrected chi connectivity index (χ4v) is 5.96. The molecule has 0 saturated heterocycles. The van der Waals surface area contributed by atoms with Crippen LogP contribution in [-0.4, -0.2) is 31.6 Å². The van der Waals surface area contributed by atoms with E-state index in [-0.39, 0.29) is 16.1 Å². The SMILES string of the molecule is CNC(=O)c1cc(C2(C#N)CCC2)cc(CS(=O)(=O)c2cc(Br)cc(Cl)c2O)c1O. The first kappa shape index (κ1) is 22.4. The van der Waals surface area contributed by atoms with Crippen molar-refractivity contribution >= 4 is 43.3 Å². The molecule has 0 unspecified atom stereocenters. The van der Waals surface area contributed by atoms with Gasteiger partial charge in [-0.05, 0) is 49.1 Å². The highest BCUT2D eigenvalue weighted by Gasteiger charge is 2.40. The molecule has 1 fully saturated rings. The molecular formula is C20H18BrClN2O5S. The number of hydrogen-bond donors (Lipinski definition) is 3. The summed E-state index contributed by atoms with van der Waals surface area (Å²) in [5, 5.41) is 32.7. The summed E-state index contributed by atoms with van der Waals surface area (Å²) in [6, 6.07) is 7.69. The van der Waals surface area contributed by atoms with Gasteiger partial charge in [0.1, 0.15) is 10.6 Å². The summed E-state index contributed by atoms with van der Waals surface area (Å²) in [7, 11) is -2.77. The van der Waals surface area contributed by atoms with E-state index in [1.807, 2.05) is 0 Å². The number of carbonyl (C=O) groups excluding carboxylic acids is 1. The molecule has 0 spiro atoms. The Balaban J connectivity index is 2.16. The van der Waals surface area contributed by atoms with Crippen LogP contribution in [0.5, 0.6) is 11.5 Å². The van der Waals surface area contributed by atoms with Crippen LogP contribution < -0.4 is 5.32 Å². The number of aromatic hydroxyl groups is 2. The Morgan fingerprint density at radius 1 is 1.27 bits per heavy atom. The van der Waals surface area contributed by atoms with Crippen LogP contribution in [0, 0.1) is 11.3 Å². The minimum atomic E-state index is -4.16.